The fourth-order valence-electron chi connectivity index (χ4n) is 4.67. The first-order chi connectivity index (χ1) is 16.3. The van der Waals surface area contributed by atoms with Crippen LogP contribution in [0.2, 0.25) is 0 Å². The van der Waals surface area contributed by atoms with Crippen molar-refractivity contribution in [2.24, 2.45) is 5.92 Å². The third kappa shape index (κ3) is 5.31. The predicted octanol–water partition coefficient (Wildman–Crippen LogP) is 3.87. The van der Waals surface area contributed by atoms with E-state index in [4.69, 9.17) is 9.72 Å². The van der Waals surface area contributed by atoms with Crippen molar-refractivity contribution in [3.05, 3.63) is 60.3 Å². The molecule has 2 N–H and O–H groups in total. The lowest BCUT2D eigenvalue weighted by atomic mass is 9.97. The molecule has 33 heavy (non-hydrogen) atoms. The topological polar surface area (TPSA) is 79.4 Å². The molecule has 3 aromatic rings. The molecule has 2 saturated heterocycles. The predicted molar refractivity (Wildman–Crippen MR) is 131 cm³/mol. The van der Waals surface area contributed by atoms with Gasteiger partial charge in [-0.2, -0.15) is 4.98 Å². The molecule has 2 aliphatic rings. The number of piperidine rings is 1. The second kappa shape index (κ2) is 10.3. The summed E-state index contributed by atoms with van der Waals surface area (Å²) in [5, 5.41) is 9.04. The molecule has 7 heteroatoms. The maximum Gasteiger partial charge on any atom is 0.259 e. The van der Waals surface area contributed by atoms with Gasteiger partial charge in [0.15, 0.2) is 0 Å². The number of amides is 1. The smallest absolute Gasteiger partial charge is 0.259 e. The van der Waals surface area contributed by atoms with Gasteiger partial charge >= 0.3 is 0 Å². The summed E-state index contributed by atoms with van der Waals surface area (Å²) >= 11 is 0. The number of fused-ring (bicyclic) bond motifs is 1. The van der Waals surface area contributed by atoms with Crippen molar-refractivity contribution in [1.82, 2.24) is 15.3 Å². The lowest BCUT2D eigenvalue weighted by molar-refractivity contribution is 0.0903. The van der Waals surface area contributed by atoms with Gasteiger partial charge in [-0.1, -0.05) is 30.3 Å². The van der Waals surface area contributed by atoms with E-state index in [9.17, 15) is 4.79 Å². The maximum atomic E-state index is 13.8. The molecule has 5 rings (SSSR count). The highest BCUT2D eigenvalue weighted by Crippen LogP contribution is 2.24. The Morgan fingerprint density at radius 3 is 2.64 bits per heavy atom. The number of nitrogens with zero attached hydrogens (tertiary/aromatic N) is 3. The second-order valence-electron chi connectivity index (χ2n) is 8.94. The Hall–Kier alpha value is -3.03. The summed E-state index contributed by atoms with van der Waals surface area (Å²) in [7, 11) is 0. The average molecular weight is 446 g/mol. The van der Waals surface area contributed by atoms with Gasteiger partial charge in [0.1, 0.15) is 5.82 Å². The van der Waals surface area contributed by atoms with Crippen LogP contribution in [0.25, 0.3) is 10.8 Å². The summed E-state index contributed by atoms with van der Waals surface area (Å²) in [6, 6.07) is 16.2. The zero-order valence-electron chi connectivity index (χ0n) is 18.9. The van der Waals surface area contributed by atoms with Crippen LogP contribution in [-0.4, -0.2) is 54.8 Å². The van der Waals surface area contributed by atoms with Crippen molar-refractivity contribution in [3.8, 4) is 0 Å². The molecule has 7 nitrogen and oxygen atoms in total. The van der Waals surface area contributed by atoms with Crippen molar-refractivity contribution in [2.75, 3.05) is 43.1 Å². The standard InChI is InChI=1S/C26H31N5O2/c32-25(22-6-5-20-3-1-2-4-21(20)17-22)31(18-19-7-12-27-13-8-19)24-9-14-28-26(30-24)29-23-10-15-33-16-11-23/h1-6,9,14,17,19,23,27H,7-8,10-13,15-16,18H2,(H,28,29,30). The van der Waals surface area contributed by atoms with Crippen molar-refractivity contribution >= 4 is 28.4 Å². The first kappa shape index (κ1) is 21.8. The molecular formula is C26H31N5O2. The molecule has 0 unspecified atom stereocenters. The molecule has 1 aromatic heterocycles. The maximum absolute atomic E-state index is 13.8. The molecule has 172 valence electrons. The first-order valence-electron chi connectivity index (χ1n) is 11.9. The largest absolute Gasteiger partial charge is 0.381 e. The number of anilines is 2. The molecule has 1 amide bonds. The number of hydrogen-bond donors (Lipinski definition) is 2. The van der Waals surface area contributed by atoms with Gasteiger partial charge in [-0.25, -0.2) is 4.98 Å². The molecule has 2 aromatic carbocycles. The molecule has 2 fully saturated rings. The van der Waals surface area contributed by atoms with Crippen LogP contribution < -0.4 is 15.5 Å². The molecule has 0 spiro atoms. The Bertz CT molecular complexity index is 1090. The monoisotopic (exact) mass is 445 g/mol. The van der Waals surface area contributed by atoms with Crippen LogP contribution in [0.1, 0.15) is 36.0 Å². The van der Waals surface area contributed by atoms with Crippen LogP contribution >= 0.6 is 0 Å². The number of carbonyl (C=O) groups excluding carboxylic acids is 1. The number of carbonyl (C=O) groups is 1. The van der Waals surface area contributed by atoms with Crippen molar-refractivity contribution in [1.29, 1.82) is 0 Å². The van der Waals surface area contributed by atoms with Gasteiger partial charge in [0.05, 0.1) is 0 Å². The van der Waals surface area contributed by atoms with Crippen LogP contribution in [0.15, 0.2) is 54.7 Å². The quantitative estimate of drug-likeness (QED) is 0.600. The number of aromatic nitrogens is 2. The summed E-state index contributed by atoms with van der Waals surface area (Å²) in [4.78, 5) is 24.8. The minimum Gasteiger partial charge on any atom is -0.381 e. The van der Waals surface area contributed by atoms with Gasteiger partial charge in [-0.3, -0.25) is 9.69 Å². The number of nitrogens with one attached hydrogen (secondary N) is 2. The number of rotatable bonds is 6. The fourth-order valence-corrected chi connectivity index (χ4v) is 4.67. The van der Waals surface area contributed by atoms with Crippen molar-refractivity contribution in [3.63, 3.8) is 0 Å². The van der Waals surface area contributed by atoms with E-state index in [0.717, 1.165) is 62.8 Å². The molecule has 0 aliphatic carbocycles. The van der Waals surface area contributed by atoms with Crippen molar-refractivity contribution in [2.45, 2.75) is 31.7 Å². The minimum atomic E-state index is -0.0185. The Morgan fingerprint density at radius 1 is 1.03 bits per heavy atom. The van der Waals surface area contributed by atoms with Crippen LogP contribution in [-0.2, 0) is 4.74 Å². The molecule has 3 heterocycles. The summed E-state index contributed by atoms with van der Waals surface area (Å²) in [6.07, 6.45) is 5.72. The molecule has 0 radical (unpaired) electrons. The average Bonchev–Trinajstić information content (AvgIpc) is 2.88. The fraction of sp³-hybridized carbons (Fsp3) is 0.423. The Kier molecular flexibility index (Phi) is 6.79. The summed E-state index contributed by atoms with van der Waals surface area (Å²) < 4.78 is 5.46. The zero-order valence-corrected chi connectivity index (χ0v) is 18.9. The van der Waals surface area contributed by atoms with Gasteiger partial charge in [0.25, 0.3) is 5.91 Å². The molecule has 2 aliphatic heterocycles. The summed E-state index contributed by atoms with van der Waals surface area (Å²) in [5.74, 6) is 1.64. The number of ether oxygens (including phenoxy) is 1. The van der Waals surface area contributed by atoms with Gasteiger partial charge in [0, 0.05) is 37.6 Å². The van der Waals surface area contributed by atoms with E-state index in [1.165, 1.54) is 0 Å². The summed E-state index contributed by atoms with van der Waals surface area (Å²) in [6.45, 7) is 4.13. The van der Waals surface area contributed by atoms with E-state index in [-0.39, 0.29) is 5.91 Å². The highest BCUT2D eigenvalue weighted by Gasteiger charge is 2.25. The highest BCUT2D eigenvalue weighted by molar-refractivity contribution is 6.07. The van der Waals surface area contributed by atoms with Crippen LogP contribution in [0, 0.1) is 5.92 Å². The van der Waals surface area contributed by atoms with Gasteiger partial charge in [0.2, 0.25) is 5.95 Å². The third-order valence-electron chi connectivity index (χ3n) is 6.61. The molecular weight excluding hydrogens is 414 g/mol. The molecule has 0 atom stereocenters. The number of benzene rings is 2. The lowest BCUT2D eigenvalue weighted by Crippen LogP contribution is -2.40. The van der Waals surface area contributed by atoms with E-state index in [0.29, 0.717) is 35.8 Å². The highest BCUT2D eigenvalue weighted by atomic mass is 16.5. The van der Waals surface area contributed by atoms with Crippen molar-refractivity contribution < 1.29 is 9.53 Å². The first-order valence-corrected chi connectivity index (χ1v) is 11.9. The Labute approximate surface area is 194 Å². The SMILES string of the molecule is O=C(c1ccc2ccccc2c1)N(CC1CCNCC1)c1ccnc(NC2CCOCC2)n1. The Morgan fingerprint density at radius 2 is 1.82 bits per heavy atom. The van der Waals surface area contributed by atoms with Gasteiger partial charge < -0.3 is 15.4 Å². The molecule has 0 bridgehead atoms. The van der Waals surface area contributed by atoms with Gasteiger partial charge in [-0.05, 0) is 73.7 Å². The Balaban J connectivity index is 1.43. The molecule has 0 saturated carbocycles. The third-order valence-corrected chi connectivity index (χ3v) is 6.61. The minimum absolute atomic E-state index is 0.0185. The van der Waals surface area contributed by atoms with E-state index in [1.807, 2.05) is 47.4 Å². The van der Waals surface area contributed by atoms with E-state index in [2.05, 4.69) is 21.7 Å². The summed E-state index contributed by atoms with van der Waals surface area (Å²) in [5.41, 5.74) is 0.681. The van der Waals surface area contributed by atoms with Crippen LogP contribution in [0.5, 0.6) is 0 Å². The zero-order chi connectivity index (χ0) is 22.5. The van der Waals surface area contributed by atoms with E-state index in [1.54, 1.807) is 6.20 Å². The number of hydrogen-bond acceptors (Lipinski definition) is 6. The van der Waals surface area contributed by atoms with E-state index >= 15 is 0 Å². The van der Waals surface area contributed by atoms with E-state index < -0.39 is 0 Å². The van der Waals surface area contributed by atoms with Gasteiger partial charge in [-0.15, -0.1) is 0 Å². The lowest BCUT2D eigenvalue weighted by Gasteiger charge is -2.30. The second-order valence-corrected chi connectivity index (χ2v) is 8.94. The van der Waals surface area contributed by atoms with Crippen LogP contribution in [0.3, 0.4) is 0 Å². The normalized spacial score (nSPS) is 17.7. The van der Waals surface area contributed by atoms with Crippen LogP contribution in [0.4, 0.5) is 11.8 Å².